The molecule has 3 rings (SSSR count). The van der Waals surface area contributed by atoms with Crippen molar-refractivity contribution in [3.8, 4) is 0 Å². The first-order chi connectivity index (χ1) is 9.24. The van der Waals surface area contributed by atoms with E-state index in [9.17, 15) is 4.79 Å². The predicted molar refractivity (Wildman–Crippen MR) is 73.2 cm³/mol. The molecule has 0 unspecified atom stereocenters. The summed E-state index contributed by atoms with van der Waals surface area (Å²) in [7, 11) is 0. The second kappa shape index (κ2) is 5.49. The second-order valence-corrected chi connectivity index (χ2v) is 5.41. The summed E-state index contributed by atoms with van der Waals surface area (Å²) in [6.07, 6.45) is 0.0974. The molecule has 19 heavy (non-hydrogen) atoms. The Morgan fingerprint density at radius 1 is 1.32 bits per heavy atom. The summed E-state index contributed by atoms with van der Waals surface area (Å²) in [4.78, 5) is 15.3. The number of carbonyl (C=O) groups excluding carboxylic acids is 1. The molecule has 1 amide bonds. The fourth-order valence-electron chi connectivity index (χ4n) is 2.92. The minimum absolute atomic E-state index is 0.0974. The molecule has 0 radical (unpaired) electrons. The zero-order valence-corrected chi connectivity index (χ0v) is 11.4. The van der Waals surface area contributed by atoms with Gasteiger partial charge in [-0.2, -0.15) is 0 Å². The van der Waals surface area contributed by atoms with Gasteiger partial charge in [-0.05, 0) is 17.2 Å². The summed E-state index contributed by atoms with van der Waals surface area (Å²) >= 11 is 5.57. The van der Waals surface area contributed by atoms with E-state index < -0.39 is 0 Å². The number of nitrogens with zero attached hydrogens (tertiary/aromatic N) is 2. The maximum absolute atomic E-state index is 11.3. The van der Waals surface area contributed by atoms with Crippen molar-refractivity contribution in [2.75, 3.05) is 26.2 Å². The van der Waals surface area contributed by atoms with Crippen LogP contribution in [0, 0.1) is 0 Å². The van der Waals surface area contributed by atoms with E-state index in [1.165, 1.54) is 5.56 Å². The van der Waals surface area contributed by atoms with Gasteiger partial charge in [-0.15, -0.1) is 0 Å². The van der Waals surface area contributed by atoms with Crippen molar-refractivity contribution in [1.29, 1.82) is 0 Å². The molecule has 4 nitrogen and oxygen atoms in total. The van der Waals surface area contributed by atoms with Crippen LogP contribution in [0.3, 0.4) is 0 Å². The molecule has 0 bridgehead atoms. The van der Waals surface area contributed by atoms with Crippen molar-refractivity contribution >= 4 is 17.0 Å². The molecule has 0 aromatic heterocycles. The quantitative estimate of drug-likeness (QED) is 0.613. The van der Waals surface area contributed by atoms with E-state index in [1.54, 1.807) is 4.90 Å². The van der Waals surface area contributed by atoms with Gasteiger partial charge in [0.25, 0.3) is 0 Å². The molecule has 0 aliphatic carbocycles. The molecule has 5 heteroatoms. The number of likely N-dealkylation sites (tertiary alicyclic amines) is 1. The molecule has 2 atom stereocenters. The smallest absolute Gasteiger partial charge is 0.316 e. The van der Waals surface area contributed by atoms with Gasteiger partial charge >= 0.3 is 5.37 Å². The van der Waals surface area contributed by atoms with Crippen LogP contribution in [0.4, 0.5) is 4.79 Å². The first-order valence-corrected chi connectivity index (χ1v) is 6.96. The lowest BCUT2D eigenvalue weighted by molar-refractivity contribution is -0.0502. The van der Waals surface area contributed by atoms with Gasteiger partial charge in [-0.3, -0.25) is 9.69 Å². The highest BCUT2D eigenvalue weighted by Crippen LogP contribution is 2.25. The first kappa shape index (κ1) is 12.9. The lowest BCUT2D eigenvalue weighted by Gasteiger charge is -2.36. The van der Waals surface area contributed by atoms with E-state index in [0.29, 0.717) is 13.1 Å². The van der Waals surface area contributed by atoms with Crippen LogP contribution in [-0.2, 0) is 11.3 Å². The zero-order chi connectivity index (χ0) is 13.2. The van der Waals surface area contributed by atoms with Crippen molar-refractivity contribution in [3.05, 3.63) is 35.9 Å². The molecule has 2 aliphatic rings. The van der Waals surface area contributed by atoms with Crippen molar-refractivity contribution in [2.45, 2.75) is 18.7 Å². The van der Waals surface area contributed by atoms with Gasteiger partial charge < -0.3 is 9.64 Å². The van der Waals surface area contributed by atoms with Gasteiger partial charge in [0.15, 0.2) is 0 Å². The number of morpholine rings is 1. The number of hydrogen-bond donors (Lipinski definition) is 0. The Hall–Kier alpha value is -1.10. The summed E-state index contributed by atoms with van der Waals surface area (Å²) < 4.78 is 5.76. The van der Waals surface area contributed by atoms with Gasteiger partial charge in [-0.25, -0.2) is 0 Å². The summed E-state index contributed by atoms with van der Waals surface area (Å²) in [6, 6.07) is 10.6. The summed E-state index contributed by atoms with van der Waals surface area (Å²) in [6.45, 7) is 3.80. The minimum atomic E-state index is -0.377. The van der Waals surface area contributed by atoms with E-state index in [-0.39, 0.29) is 17.5 Å². The van der Waals surface area contributed by atoms with Gasteiger partial charge in [0, 0.05) is 26.2 Å². The molecule has 2 aliphatic heterocycles. The van der Waals surface area contributed by atoms with E-state index in [1.807, 2.05) is 6.07 Å². The second-order valence-electron chi connectivity index (χ2n) is 5.09. The fraction of sp³-hybridized carbons (Fsp3) is 0.500. The molecule has 2 saturated heterocycles. The highest BCUT2D eigenvalue weighted by Gasteiger charge is 2.41. The summed E-state index contributed by atoms with van der Waals surface area (Å²) in [5.41, 5.74) is 1.29. The Morgan fingerprint density at radius 2 is 2.11 bits per heavy atom. The molecular weight excluding hydrogens is 264 g/mol. The van der Waals surface area contributed by atoms with Gasteiger partial charge in [0.05, 0.1) is 18.8 Å². The number of ether oxygens (including phenoxy) is 1. The van der Waals surface area contributed by atoms with Crippen LogP contribution >= 0.6 is 11.6 Å². The Balaban J connectivity index is 1.70. The predicted octanol–water partition coefficient (Wildman–Crippen LogP) is 1.93. The van der Waals surface area contributed by atoms with Crippen LogP contribution in [0.1, 0.15) is 5.56 Å². The number of rotatable bonds is 2. The van der Waals surface area contributed by atoms with Crippen LogP contribution in [0.25, 0.3) is 0 Å². The highest BCUT2D eigenvalue weighted by molar-refractivity contribution is 6.62. The third kappa shape index (κ3) is 2.76. The van der Waals surface area contributed by atoms with E-state index in [2.05, 4.69) is 29.2 Å². The van der Waals surface area contributed by atoms with E-state index >= 15 is 0 Å². The SMILES string of the molecule is O=C(Cl)N1C[C@@H]2OCCN(Cc3ccccc3)[C@@H]2C1. The molecule has 0 spiro atoms. The molecule has 1 aromatic rings. The highest BCUT2D eigenvalue weighted by atomic mass is 35.5. The van der Waals surface area contributed by atoms with Crippen molar-refractivity contribution < 1.29 is 9.53 Å². The lowest BCUT2D eigenvalue weighted by Crippen LogP contribution is -2.50. The van der Waals surface area contributed by atoms with Crippen LogP contribution in [0.2, 0.25) is 0 Å². The van der Waals surface area contributed by atoms with Gasteiger partial charge in [0.1, 0.15) is 0 Å². The monoisotopic (exact) mass is 280 g/mol. The Labute approximate surface area is 117 Å². The van der Waals surface area contributed by atoms with Gasteiger partial charge in [0.2, 0.25) is 0 Å². The summed E-state index contributed by atoms with van der Waals surface area (Å²) in [5, 5.41) is -0.377. The Bertz CT molecular complexity index is 454. The topological polar surface area (TPSA) is 32.8 Å². The largest absolute Gasteiger partial charge is 0.373 e. The standard InChI is InChI=1S/C14H17ClN2O2/c15-14(18)17-9-12-13(10-17)19-7-6-16(12)8-11-4-2-1-3-5-11/h1-5,12-13H,6-10H2/t12-,13+/m1/s1. The third-order valence-corrected chi connectivity index (χ3v) is 4.13. The van der Waals surface area contributed by atoms with Crippen molar-refractivity contribution in [2.24, 2.45) is 0 Å². The first-order valence-electron chi connectivity index (χ1n) is 6.58. The van der Waals surface area contributed by atoms with Crippen LogP contribution < -0.4 is 0 Å². The molecular formula is C14H17ClN2O2. The molecule has 1 aromatic carbocycles. The fourth-order valence-corrected chi connectivity index (χ4v) is 3.05. The van der Waals surface area contributed by atoms with Gasteiger partial charge in [-0.1, -0.05) is 30.3 Å². The average Bonchev–Trinajstić information content (AvgIpc) is 2.85. The zero-order valence-electron chi connectivity index (χ0n) is 10.7. The molecule has 2 fully saturated rings. The number of hydrogen-bond acceptors (Lipinski definition) is 3. The third-order valence-electron chi connectivity index (χ3n) is 3.89. The minimum Gasteiger partial charge on any atom is -0.373 e. The lowest BCUT2D eigenvalue weighted by atomic mass is 10.1. The number of benzene rings is 1. The Kier molecular flexibility index (Phi) is 3.73. The van der Waals surface area contributed by atoms with E-state index in [0.717, 1.165) is 19.7 Å². The molecule has 2 heterocycles. The molecule has 0 saturated carbocycles. The number of carbonyl (C=O) groups is 1. The average molecular weight is 281 g/mol. The van der Waals surface area contributed by atoms with Crippen LogP contribution in [-0.4, -0.2) is 53.6 Å². The molecule has 102 valence electrons. The number of fused-ring (bicyclic) bond motifs is 1. The van der Waals surface area contributed by atoms with Crippen molar-refractivity contribution in [1.82, 2.24) is 9.80 Å². The maximum atomic E-state index is 11.3. The van der Waals surface area contributed by atoms with Crippen LogP contribution in [0.5, 0.6) is 0 Å². The van der Waals surface area contributed by atoms with E-state index in [4.69, 9.17) is 16.3 Å². The maximum Gasteiger partial charge on any atom is 0.316 e. The molecule has 0 N–H and O–H groups in total. The summed E-state index contributed by atoms with van der Waals surface area (Å²) in [5.74, 6) is 0. The Morgan fingerprint density at radius 3 is 2.84 bits per heavy atom. The normalized spacial score (nSPS) is 27.3. The van der Waals surface area contributed by atoms with Crippen molar-refractivity contribution in [3.63, 3.8) is 0 Å². The van der Waals surface area contributed by atoms with Crippen LogP contribution in [0.15, 0.2) is 30.3 Å². The number of halogens is 1. The number of amides is 1.